The van der Waals surface area contributed by atoms with Gasteiger partial charge >= 0.3 is 11.9 Å². The van der Waals surface area contributed by atoms with Crippen LogP contribution in [0.15, 0.2) is 72.3 Å². The maximum absolute atomic E-state index is 11.2. The Morgan fingerprint density at radius 2 is 1.37 bits per heavy atom. The van der Waals surface area contributed by atoms with Gasteiger partial charge in [0.2, 0.25) is 0 Å². The van der Waals surface area contributed by atoms with E-state index in [1.54, 1.807) is 6.08 Å². The highest BCUT2D eigenvalue weighted by atomic mass is 16.4. The van der Waals surface area contributed by atoms with Gasteiger partial charge in [-0.2, -0.15) is 0 Å². The van der Waals surface area contributed by atoms with Crippen molar-refractivity contribution in [3.05, 3.63) is 89.0 Å². The topological polar surface area (TPSA) is 74.6 Å². The maximum Gasteiger partial charge on any atom is 0.343 e. The molecule has 0 aliphatic carbocycles. The molecule has 2 aromatic rings. The molecule has 4 nitrogen and oxygen atoms in total. The molecule has 0 aliphatic rings. The summed E-state index contributed by atoms with van der Waals surface area (Å²) in [7, 11) is 0. The lowest BCUT2D eigenvalue weighted by molar-refractivity contribution is -0.140. The highest BCUT2D eigenvalue weighted by Gasteiger charge is 2.18. The average Bonchev–Trinajstić information content (AvgIpc) is 2.64. The first kappa shape index (κ1) is 20.2. The van der Waals surface area contributed by atoms with E-state index < -0.39 is 17.5 Å². The Balaban J connectivity index is 2.70. The van der Waals surface area contributed by atoms with E-state index in [-0.39, 0.29) is 5.92 Å². The van der Waals surface area contributed by atoms with Crippen LogP contribution in [0.4, 0.5) is 0 Å². The molecular formula is C23H24O4. The molecule has 1 unspecified atom stereocenters. The molecule has 0 radical (unpaired) electrons. The fourth-order valence-electron chi connectivity index (χ4n) is 2.86. The van der Waals surface area contributed by atoms with Gasteiger partial charge in [0.15, 0.2) is 0 Å². The van der Waals surface area contributed by atoms with E-state index in [1.165, 1.54) is 0 Å². The molecule has 0 heterocycles. The van der Waals surface area contributed by atoms with Crippen LogP contribution >= 0.6 is 0 Å². The number of rotatable bonds is 7. The van der Waals surface area contributed by atoms with Crippen molar-refractivity contribution < 1.29 is 19.8 Å². The Hall–Kier alpha value is -3.14. The van der Waals surface area contributed by atoms with Crippen molar-refractivity contribution in [1.29, 1.82) is 0 Å². The van der Waals surface area contributed by atoms with Crippen molar-refractivity contribution in [2.24, 2.45) is 5.92 Å². The molecular weight excluding hydrogens is 340 g/mol. The molecule has 2 aromatic carbocycles. The lowest BCUT2D eigenvalue weighted by Crippen LogP contribution is -2.11. The van der Waals surface area contributed by atoms with E-state index in [0.717, 1.165) is 28.3 Å². The number of aliphatic carboxylic acids is 2. The molecule has 0 bridgehead atoms. The average molecular weight is 364 g/mol. The van der Waals surface area contributed by atoms with Gasteiger partial charge in [-0.1, -0.05) is 81.4 Å². The van der Waals surface area contributed by atoms with Gasteiger partial charge in [-0.15, -0.1) is 0 Å². The molecule has 140 valence electrons. The molecule has 1 atom stereocenters. The molecule has 0 saturated heterocycles. The summed E-state index contributed by atoms with van der Waals surface area (Å²) in [4.78, 5) is 22.4. The standard InChI is InChI=1S/C23H24O4/c1-15(2)16(3)18-11-7-8-12-20(18)19(17-9-5-4-6-10-17)13-14-21(22(24)25)23(26)27/h4-16H,1-3H3,(H,24,25)(H,26,27). The third-order valence-electron chi connectivity index (χ3n) is 4.70. The summed E-state index contributed by atoms with van der Waals surface area (Å²) in [6.45, 7) is 6.46. The summed E-state index contributed by atoms with van der Waals surface area (Å²) in [5.41, 5.74) is 3.13. The smallest absolute Gasteiger partial charge is 0.343 e. The Morgan fingerprint density at radius 1 is 0.815 bits per heavy atom. The minimum atomic E-state index is -1.46. The van der Waals surface area contributed by atoms with E-state index in [2.05, 4.69) is 26.8 Å². The van der Waals surface area contributed by atoms with Crippen molar-refractivity contribution in [3.8, 4) is 0 Å². The van der Waals surface area contributed by atoms with E-state index >= 15 is 0 Å². The number of hydrogen-bond donors (Lipinski definition) is 2. The molecule has 0 aliphatic heterocycles. The van der Waals surface area contributed by atoms with Crippen molar-refractivity contribution in [2.75, 3.05) is 0 Å². The van der Waals surface area contributed by atoms with E-state index in [0.29, 0.717) is 5.92 Å². The molecule has 0 spiro atoms. The van der Waals surface area contributed by atoms with Crippen LogP contribution in [0.3, 0.4) is 0 Å². The first-order valence-corrected chi connectivity index (χ1v) is 8.86. The Labute approximate surface area is 159 Å². The van der Waals surface area contributed by atoms with Gasteiger partial charge in [-0.3, -0.25) is 0 Å². The fourth-order valence-corrected chi connectivity index (χ4v) is 2.86. The van der Waals surface area contributed by atoms with Crippen molar-refractivity contribution in [3.63, 3.8) is 0 Å². The fraction of sp³-hybridized carbons (Fsp3) is 0.217. The SMILES string of the molecule is CC(C)C(C)c1ccccc1C(=CC=C(C(=O)O)C(=O)O)c1ccccc1. The zero-order valence-corrected chi connectivity index (χ0v) is 15.7. The lowest BCUT2D eigenvalue weighted by Gasteiger charge is -2.21. The van der Waals surface area contributed by atoms with Crippen molar-refractivity contribution in [2.45, 2.75) is 26.7 Å². The number of carbonyl (C=O) groups is 2. The van der Waals surface area contributed by atoms with E-state index in [9.17, 15) is 9.59 Å². The summed E-state index contributed by atoms with van der Waals surface area (Å²) in [6, 6.07) is 17.5. The van der Waals surface area contributed by atoms with Crippen LogP contribution in [0.1, 0.15) is 43.4 Å². The maximum atomic E-state index is 11.2. The van der Waals surface area contributed by atoms with Gasteiger partial charge in [0.25, 0.3) is 0 Å². The highest BCUT2D eigenvalue weighted by Crippen LogP contribution is 2.33. The number of carboxylic acids is 2. The van der Waals surface area contributed by atoms with Crippen LogP contribution in [0, 0.1) is 5.92 Å². The summed E-state index contributed by atoms with van der Waals surface area (Å²) < 4.78 is 0. The van der Waals surface area contributed by atoms with Gasteiger partial charge in [-0.05, 0) is 40.2 Å². The van der Waals surface area contributed by atoms with E-state index in [4.69, 9.17) is 10.2 Å². The molecule has 0 fully saturated rings. The summed E-state index contributed by atoms with van der Waals surface area (Å²) in [5, 5.41) is 18.3. The molecule has 2 rings (SSSR count). The Kier molecular flexibility index (Phi) is 6.72. The molecule has 0 aromatic heterocycles. The zero-order chi connectivity index (χ0) is 20.0. The van der Waals surface area contributed by atoms with Crippen molar-refractivity contribution >= 4 is 17.5 Å². The van der Waals surface area contributed by atoms with Crippen LogP contribution in [0.25, 0.3) is 5.57 Å². The number of hydrogen-bond acceptors (Lipinski definition) is 2. The first-order chi connectivity index (χ1) is 12.8. The summed E-state index contributed by atoms with van der Waals surface area (Å²) in [6.07, 6.45) is 2.74. The lowest BCUT2D eigenvalue weighted by atomic mass is 9.83. The predicted molar refractivity (Wildman–Crippen MR) is 107 cm³/mol. The summed E-state index contributed by atoms with van der Waals surface area (Å²) in [5.74, 6) is -2.21. The van der Waals surface area contributed by atoms with E-state index in [1.807, 2.05) is 48.5 Å². The Bertz CT molecular complexity index is 860. The van der Waals surface area contributed by atoms with Crippen LogP contribution in [0.2, 0.25) is 0 Å². The number of allylic oxidation sites excluding steroid dienone is 2. The third kappa shape index (κ3) is 4.94. The summed E-state index contributed by atoms with van der Waals surface area (Å²) >= 11 is 0. The zero-order valence-electron chi connectivity index (χ0n) is 15.7. The molecule has 0 saturated carbocycles. The van der Waals surface area contributed by atoms with Crippen LogP contribution in [-0.4, -0.2) is 22.2 Å². The van der Waals surface area contributed by atoms with Crippen molar-refractivity contribution in [1.82, 2.24) is 0 Å². The quantitative estimate of drug-likeness (QED) is 0.315. The van der Waals surface area contributed by atoms with Gasteiger partial charge in [-0.25, -0.2) is 9.59 Å². The van der Waals surface area contributed by atoms with Gasteiger partial charge in [0.1, 0.15) is 5.57 Å². The van der Waals surface area contributed by atoms with Crippen LogP contribution < -0.4 is 0 Å². The Morgan fingerprint density at radius 3 is 1.93 bits per heavy atom. The highest BCUT2D eigenvalue weighted by molar-refractivity contribution is 6.12. The molecule has 4 heteroatoms. The predicted octanol–water partition coefficient (Wildman–Crippen LogP) is 4.97. The molecule has 0 amide bonds. The molecule has 2 N–H and O–H groups in total. The minimum Gasteiger partial charge on any atom is -0.477 e. The minimum absolute atomic E-state index is 0.288. The monoisotopic (exact) mass is 364 g/mol. The number of carboxylic acid groups (broad SMARTS) is 2. The van der Waals surface area contributed by atoms with Crippen LogP contribution in [0.5, 0.6) is 0 Å². The van der Waals surface area contributed by atoms with Gasteiger partial charge in [0.05, 0.1) is 0 Å². The van der Waals surface area contributed by atoms with Gasteiger partial charge < -0.3 is 10.2 Å². The second kappa shape index (κ2) is 8.99. The van der Waals surface area contributed by atoms with Crippen LogP contribution in [-0.2, 0) is 9.59 Å². The van der Waals surface area contributed by atoms with Gasteiger partial charge in [0, 0.05) is 0 Å². The first-order valence-electron chi connectivity index (χ1n) is 8.86. The second-order valence-corrected chi connectivity index (χ2v) is 6.76. The normalized spacial score (nSPS) is 12.5. The second-order valence-electron chi connectivity index (χ2n) is 6.76. The largest absolute Gasteiger partial charge is 0.477 e. The third-order valence-corrected chi connectivity index (χ3v) is 4.70. The molecule has 27 heavy (non-hydrogen) atoms. The number of benzene rings is 2.